The lowest BCUT2D eigenvalue weighted by molar-refractivity contribution is -0.118. The molecule has 1 rings (SSSR count). The van der Waals surface area contributed by atoms with Crippen LogP contribution in [0.2, 0.25) is 0 Å². The van der Waals surface area contributed by atoms with Crippen molar-refractivity contribution in [2.45, 2.75) is 25.8 Å². The van der Waals surface area contributed by atoms with Gasteiger partial charge in [-0.15, -0.1) is 0 Å². The van der Waals surface area contributed by atoms with E-state index in [4.69, 9.17) is 0 Å². The van der Waals surface area contributed by atoms with Gasteiger partial charge in [-0.25, -0.2) is 0 Å². The molecule has 0 radical (unpaired) electrons. The predicted octanol–water partition coefficient (Wildman–Crippen LogP) is 0.730. The van der Waals surface area contributed by atoms with E-state index < -0.39 is 0 Å². The van der Waals surface area contributed by atoms with E-state index in [1.165, 1.54) is 0 Å². The van der Waals surface area contributed by atoms with Crippen LogP contribution in [0.25, 0.3) is 0 Å². The van der Waals surface area contributed by atoms with E-state index in [0.717, 1.165) is 38.0 Å². The molecule has 1 fully saturated rings. The lowest BCUT2D eigenvalue weighted by atomic mass is 10.1. The molecule has 1 aliphatic heterocycles. The highest BCUT2D eigenvalue weighted by atomic mass is 16.1. The summed E-state index contributed by atoms with van der Waals surface area (Å²) in [6.45, 7) is 7.60. The molecular weight excluding hydrogens is 152 g/mol. The van der Waals surface area contributed by atoms with Crippen LogP contribution in [0.1, 0.15) is 19.8 Å². The van der Waals surface area contributed by atoms with Crippen LogP contribution in [-0.2, 0) is 4.79 Å². The summed E-state index contributed by atoms with van der Waals surface area (Å²) in [6.07, 6.45) is 3.10. The molecule has 0 aromatic carbocycles. The third-order valence-electron chi connectivity index (χ3n) is 2.22. The molecule has 1 unspecified atom stereocenters. The Morgan fingerprint density at radius 3 is 2.92 bits per heavy atom. The minimum Gasteiger partial charge on any atom is -0.315 e. The molecule has 1 amide bonds. The van der Waals surface area contributed by atoms with Crippen LogP contribution in [0.5, 0.6) is 0 Å². The van der Waals surface area contributed by atoms with Gasteiger partial charge in [0.2, 0.25) is 6.41 Å². The van der Waals surface area contributed by atoms with Crippen LogP contribution in [-0.4, -0.2) is 30.4 Å². The van der Waals surface area contributed by atoms with Crippen LogP contribution < -0.4 is 5.32 Å². The third-order valence-corrected chi connectivity index (χ3v) is 2.22. The topological polar surface area (TPSA) is 32.3 Å². The summed E-state index contributed by atoms with van der Waals surface area (Å²) >= 11 is 0. The first-order valence-corrected chi connectivity index (χ1v) is 4.35. The van der Waals surface area contributed by atoms with Crippen molar-refractivity contribution in [1.29, 1.82) is 0 Å². The standard InChI is InChI=1S/C9H16N2O/c1-8(2)11(7-12)9-4-3-5-10-6-9/h7,9-10H,1,3-6H2,2H3. The number of rotatable bonds is 3. The molecule has 1 N–H and O–H groups in total. The maximum atomic E-state index is 10.7. The van der Waals surface area contributed by atoms with Crippen molar-refractivity contribution in [3.05, 3.63) is 12.3 Å². The van der Waals surface area contributed by atoms with Gasteiger partial charge in [0, 0.05) is 18.3 Å². The highest BCUT2D eigenvalue weighted by Crippen LogP contribution is 2.12. The molecule has 1 aliphatic rings. The van der Waals surface area contributed by atoms with E-state index in [0.29, 0.717) is 6.04 Å². The van der Waals surface area contributed by atoms with E-state index >= 15 is 0 Å². The highest BCUT2D eigenvalue weighted by molar-refractivity contribution is 5.51. The normalized spacial score (nSPS) is 23.2. The summed E-state index contributed by atoms with van der Waals surface area (Å²) in [5, 5.41) is 3.26. The zero-order valence-electron chi connectivity index (χ0n) is 7.55. The zero-order valence-corrected chi connectivity index (χ0v) is 7.55. The third kappa shape index (κ3) is 2.08. The predicted molar refractivity (Wildman–Crippen MR) is 48.6 cm³/mol. The lowest BCUT2D eigenvalue weighted by Gasteiger charge is -2.31. The molecule has 1 saturated heterocycles. The summed E-state index contributed by atoms with van der Waals surface area (Å²) < 4.78 is 0. The average Bonchev–Trinajstić information content (AvgIpc) is 2.07. The van der Waals surface area contributed by atoms with Crippen molar-refractivity contribution in [2.24, 2.45) is 0 Å². The van der Waals surface area contributed by atoms with E-state index in [1.54, 1.807) is 4.90 Å². The molecule has 0 bridgehead atoms. The largest absolute Gasteiger partial charge is 0.315 e. The van der Waals surface area contributed by atoms with E-state index in [9.17, 15) is 4.79 Å². The Bertz CT molecular complexity index is 173. The van der Waals surface area contributed by atoms with Crippen LogP contribution in [0.3, 0.4) is 0 Å². The second-order valence-electron chi connectivity index (χ2n) is 3.25. The van der Waals surface area contributed by atoms with Gasteiger partial charge >= 0.3 is 0 Å². The van der Waals surface area contributed by atoms with Crippen molar-refractivity contribution in [1.82, 2.24) is 10.2 Å². The lowest BCUT2D eigenvalue weighted by Crippen LogP contribution is -2.44. The van der Waals surface area contributed by atoms with E-state index in [-0.39, 0.29) is 0 Å². The molecule has 0 aromatic heterocycles. The fourth-order valence-corrected chi connectivity index (χ4v) is 1.56. The second-order valence-corrected chi connectivity index (χ2v) is 3.25. The molecule has 0 aromatic rings. The molecule has 3 nitrogen and oxygen atoms in total. The minimum absolute atomic E-state index is 0.314. The van der Waals surface area contributed by atoms with Gasteiger partial charge in [-0.05, 0) is 26.3 Å². The molecule has 0 aliphatic carbocycles. The number of allylic oxidation sites excluding steroid dienone is 1. The van der Waals surface area contributed by atoms with E-state index in [2.05, 4.69) is 11.9 Å². The Balaban J connectivity index is 2.51. The van der Waals surface area contributed by atoms with Gasteiger partial charge in [-0.2, -0.15) is 0 Å². The van der Waals surface area contributed by atoms with Crippen molar-refractivity contribution in [3.63, 3.8) is 0 Å². The molecule has 0 saturated carbocycles. The molecule has 3 heteroatoms. The molecule has 12 heavy (non-hydrogen) atoms. The fourth-order valence-electron chi connectivity index (χ4n) is 1.56. The molecule has 1 heterocycles. The maximum Gasteiger partial charge on any atom is 0.214 e. The number of hydrogen-bond donors (Lipinski definition) is 1. The summed E-state index contributed by atoms with van der Waals surface area (Å²) in [4.78, 5) is 12.4. The summed E-state index contributed by atoms with van der Waals surface area (Å²) in [5.41, 5.74) is 0.832. The molecular formula is C9H16N2O. The van der Waals surface area contributed by atoms with E-state index in [1.807, 2.05) is 6.92 Å². The van der Waals surface area contributed by atoms with Crippen LogP contribution in [0, 0.1) is 0 Å². The fraction of sp³-hybridized carbons (Fsp3) is 0.667. The van der Waals surface area contributed by atoms with Gasteiger partial charge in [0.25, 0.3) is 0 Å². The first-order chi connectivity index (χ1) is 5.75. The first-order valence-electron chi connectivity index (χ1n) is 4.35. The summed E-state index contributed by atoms with van der Waals surface area (Å²) in [5.74, 6) is 0. The van der Waals surface area contributed by atoms with Gasteiger partial charge in [-0.3, -0.25) is 4.79 Å². The number of hydrogen-bond acceptors (Lipinski definition) is 2. The molecule has 68 valence electrons. The van der Waals surface area contributed by atoms with Gasteiger partial charge in [0.15, 0.2) is 0 Å². The monoisotopic (exact) mass is 168 g/mol. The number of piperidine rings is 1. The van der Waals surface area contributed by atoms with Crippen molar-refractivity contribution < 1.29 is 4.79 Å². The Kier molecular flexibility index (Phi) is 3.29. The Morgan fingerprint density at radius 2 is 2.50 bits per heavy atom. The first kappa shape index (κ1) is 9.26. The second kappa shape index (κ2) is 4.26. The number of carbonyl (C=O) groups is 1. The molecule has 1 atom stereocenters. The number of carbonyl (C=O) groups excluding carboxylic acids is 1. The van der Waals surface area contributed by atoms with Crippen molar-refractivity contribution >= 4 is 6.41 Å². The minimum atomic E-state index is 0.314. The quantitative estimate of drug-likeness (QED) is 0.630. The van der Waals surface area contributed by atoms with Crippen LogP contribution in [0.4, 0.5) is 0 Å². The number of nitrogens with zero attached hydrogens (tertiary/aromatic N) is 1. The van der Waals surface area contributed by atoms with Gasteiger partial charge in [0.05, 0.1) is 0 Å². The summed E-state index contributed by atoms with van der Waals surface area (Å²) in [7, 11) is 0. The van der Waals surface area contributed by atoms with Gasteiger partial charge in [-0.1, -0.05) is 6.58 Å². The van der Waals surface area contributed by atoms with Crippen LogP contribution >= 0.6 is 0 Å². The van der Waals surface area contributed by atoms with Gasteiger partial charge in [0.1, 0.15) is 0 Å². The average molecular weight is 168 g/mol. The molecule has 0 spiro atoms. The van der Waals surface area contributed by atoms with Crippen LogP contribution in [0.15, 0.2) is 12.3 Å². The Labute approximate surface area is 73.4 Å². The van der Waals surface area contributed by atoms with Crippen molar-refractivity contribution in [2.75, 3.05) is 13.1 Å². The van der Waals surface area contributed by atoms with Crippen molar-refractivity contribution in [3.8, 4) is 0 Å². The zero-order chi connectivity index (χ0) is 8.97. The Morgan fingerprint density at radius 1 is 1.75 bits per heavy atom. The smallest absolute Gasteiger partial charge is 0.214 e. The number of amides is 1. The highest BCUT2D eigenvalue weighted by Gasteiger charge is 2.19. The SMILES string of the molecule is C=C(C)N(C=O)C1CCCNC1. The summed E-state index contributed by atoms with van der Waals surface area (Å²) in [6, 6.07) is 0.314. The Hall–Kier alpha value is -0.830. The van der Waals surface area contributed by atoms with Gasteiger partial charge < -0.3 is 10.2 Å². The maximum absolute atomic E-state index is 10.7. The number of nitrogens with one attached hydrogen (secondary N) is 1.